The van der Waals surface area contributed by atoms with Crippen molar-refractivity contribution in [3.63, 3.8) is 0 Å². The van der Waals surface area contributed by atoms with E-state index >= 15 is 0 Å². The molecule has 10 heteroatoms. The summed E-state index contributed by atoms with van der Waals surface area (Å²) in [4.78, 5) is 13.6. The van der Waals surface area contributed by atoms with E-state index in [2.05, 4.69) is 19.4 Å². The maximum Gasteiger partial charge on any atom is 0.269 e. The molecule has 27 heavy (non-hydrogen) atoms. The predicted octanol–water partition coefficient (Wildman–Crippen LogP) is 3.61. The van der Waals surface area contributed by atoms with Crippen molar-refractivity contribution < 1.29 is 9.00 Å². The van der Waals surface area contributed by atoms with E-state index in [4.69, 9.17) is 23.2 Å². The second-order valence-electron chi connectivity index (χ2n) is 5.74. The number of carbonyl (C=O) groups is 1. The maximum atomic E-state index is 12.1. The molecule has 1 heterocycles. The smallest absolute Gasteiger partial charge is 0.269 e. The van der Waals surface area contributed by atoms with Crippen molar-refractivity contribution in [2.45, 2.75) is 0 Å². The molecule has 0 aliphatic carbocycles. The Labute approximate surface area is 168 Å². The van der Waals surface area contributed by atoms with Crippen molar-refractivity contribution >= 4 is 63.3 Å². The molecule has 2 aromatic rings. The van der Waals surface area contributed by atoms with Gasteiger partial charge in [0.25, 0.3) is 17.1 Å². The Morgan fingerprint density at radius 3 is 2.41 bits per heavy atom. The van der Waals surface area contributed by atoms with Crippen LogP contribution in [0.1, 0.15) is 10.4 Å². The Morgan fingerprint density at radius 2 is 1.70 bits per heavy atom. The SMILES string of the molecule is CN(C)C(=O)c1cccc(NC2=NS(=O)N=C2Nc2cccc(Cl)c2Cl)c1. The number of amidine groups is 2. The fourth-order valence-corrected chi connectivity index (χ4v) is 3.25. The van der Waals surface area contributed by atoms with Crippen molar-refractivity contribution in [2.75, 3.05) is 24.7 Å². The van der Waals surface area contributed by atoms with Gasteiger partial charge in [0.1, 0.15) is 0 Å². The summed E-state index contributed by atoms with van der Waals surface area (Å²) in [5, 5.41) is 6.70. The van der Waals surface area contributed by atoms with E-state index in [0.717, 1.165) is 0 Å². The number of benzene rings is 2. The molecule has 0 fully saturated rings. The summed E-state index contributed by atoms with van der Waals surface area (Å²) >= 11 is 10.4. The van der Waals surface area contributed by atoms with Crippen molar-refractivity contribution in [3.05, 3.63) is 58.1 Å². The van der Waals surface area contributed by atoms with Crippen LogP contribution in [-0.4, -0.2) is 40.8 Å². The van der Waals surface area contributed by atoms with E-state index in [1.807, 2.05) is 0 Å². The van der Waals surface area contributed by atoms with Gasteiger partial charge < -0.3 is 15.5 Å². The molecular weight excluding hydrogens is 409 g/mol. The molecule has 2 aromatic carbocycles. The van der Waals surface area contributed by atoms with Crippen LogP contribution in [0.4, 0.5) is 11.4 Å². The maximum absolute atomic E-state index is 12.1. The summed E-state index contributed by atoms with van der Waals surface area (Å²) < 4.78 is 19.7. The average molecular weight is 424 g/mol. The molecule has 3 rings (SSSR count). The van der Waals surface area contributed by atoms with E-state index in [1.54, 1.807) is 56.6 Å². The third-order valence-corrected chi connectivity index (χ3v) is 5.04. The molecule has 1 aliphatic heterocycles. The van der Waals surface area contributed by atoms with E-state index < -0.39 is 11.2 Å². The Bertz CT molecular complexity index is 991. The lowest BCUT2D eigenvalue weighted by atomic mass is 10.2. The number of hydrogen-bond acceptors (Lipinski definition) is 4. The van der Waals surface area contributed by atoms with Crippen LogP contribution in [-0.2, 0) is 11.2 Å². The zero-order valence-electron chi connectivity index (χ0n) is 14.4. The number of halogens is 2. The van der Waals surface area contributed by atoms with Gasteiger partial charge in [-0.25, -0.2) is 4.21 Å². The molecule has 7 nitrogen and oxygen atoms in total. The van der Waals surface area contributed by atoms with Gasteiger partial charge in [-0.3, -0.25) is 4.79 Å². The van der Waals surface area contributed by atoms with Gasteiger partial charge in [0.05, 0.1) is 15.7 Å². The van der Waals surface area contributed by atoms with Crippen molar-refractivity contribution in [2.24, 2.45) is 8.80 Å². The number of rotatable bonds is 3. The largest absolute Gasteiger partial charge is 0.345 e. The van der Waals surface area contributed by atoms with Crippen LogP contribution in [0.5, 0.6) is 0 Å². The quantitative estimate of drug-likeness (QED) is 0.789. The van der Waals surface area contributed by atoms with Crippen LogP contribution in [0.3, 0.4) is 0 Å². The second kappa shape index (κ2) is 8.08. The molecular formula is C17H15Cl2N5O2S. The van der Waals surface area contributed by atoms with Gasteiger partial charge in [-0.05, 0) is 30.3 Å². The fourth-order valence-electron chi connectivity index (χ4n) is 2.28. The van der Waals surface area contributed by atoms with Crippen LogP contribution >= 0.6 is 23.2 Å². The molecule has 0 aromatic heterocycles. The zero-order chi connectivity index (χ0) is 19.6. The van der Waals surface area contributed by atoms with Gasteiger partial charge in [-0.2, -0.15) is 0 Å². The first-order valence-corrected chi connectivity index (χ1v) is 9.56. The summed E-state index contributed by atoms with van der Waals surface area (Å²) in [6.07, 6.45) is 0. The van der Waals surface area contributed by atoms with Gasteiger partial charge in [-0.1, -0.05) is 35.3 Å². The minimum atomic E-state index is -1.76. The number of amides is 1. The highest BCUT2D eigenvalue weighted by molar-refractivity contribution is 7.83. The Morgan fingerprint density at radius 1 is 1.04 bits per heavy atom. The van der Waals surface area contributed by atoms with Gasteiger partial charge in [-0.15, -0.1) is 8.80 Å². The lowest BCUT2D eigenvalue weighted by Gasteiger charge is -2.13. The fraction of sp³-hybridized carbons (Fsp3) is 0.118. The highest BCUT2D eigenvalue weighted by Gasteiger charge is 2.21. The minimum absolute atomic E-state index is 0.131. The molecule has 1 unspecified atom stereocenters. The van der Waals surface area contributed by atoms with Crippen molar-refractivity contribution in [1.82, 2.24) is 4.90 Å². The molecule has 0 saturated heterocycles. The third kappa shape index (κ3) is 4.47. The molecule has 0 spiro atoms. The summed E-state index contributed by atoms with van der Waals surface area (Å²) in [5.74, 6) is 0.383. The summed E-state index contributed by atoms with van der Waals surface area (Å²) in [5.41, 5.74) is 1.62. The number of hydrogen-bond donors (Lipinski definition) is 2. The predicted molar refractivity (Wildman–Crippen MR) is 111 cm³/mol. The topological polar surface area (TPSA) is 86.2 Å². The average Bonchev–Trinajstić information content (AvgIpc) is 2.97. The highest BCUT2D eigenvalue weighted by atomic mass is 35.5. The number of carbonyl (C=O) groups excluding carboxylic acids is 1. The van der Waals surface area contributed by atoms with Crippen LogP contribution in [0.25, 0.3) is 0 Å². The van der Waals surface area contributed by atoms with Crippen LogP contribution in [0.2, 0.25) is 10.0 Å². The van der Waals surface area contributed by atoms with Gasteiger partial charge >= 0.3 is 0 Å². The molecule has 0 saturated carbocycles. The van der Waals surface area contributed by atoms with Crippen molar-refractivity contribution in [1.29, 1.82) is 0 Å². The standard InChI is InChI=1S/C17H15Cl2N5O2S/c1-24(2)17(25)10-5-3-6-11(9-10)20-15-16(23-27(26)22-15)21-13-8-4-7-12(18)14(13)19/h3-9H,1-2H3,(H,20,22)(H,21,23). The first kappa shape index (κ1) is 19.3. The molecule has 2 N–H and O–H groups in total. The van der Waals surface area contributed by atoms with Crippen LogP contribution < -0.4 is 10.6 Å². The van der Waals surface area contributed by atoms with Gasteiger partial charge in [0.15, 0.2) is 11.7 Å². The first-order valence-electron chi connectivity index (χ1n) is 7.74. The highest BCUT2D eigenvalue weighted by Crippen LogP contribution is 2.30. The molecule has 1 aliphatic rings. The number of nitrogens with zero attached hydrogens (tertiary/aromatic N) is 3. The molecule has 1 amide bonds. The molecule has 0 radical (unpaired) electrons. The van der Waals surface area contributed by atoms with Gasteiger partial charge in [0, 0.05) is 25.3 Å². The molecule has 140 valence electrons. The zero-order valence-corrected chi connectivity index (χ0v) is 16.7. The van der Waals surface area contributed by atoms with E-state index in [0.29, 0.717) is 27.0 Å². The third-order valence-electron chi connectivity index (χ3n) is 3.55. The van der Waals surface area contributed by atoms with Crippen molar-refractivity contribution in [3.8, 4) is 0 Å². The van der Waals surface area contributed by atoms with Crippen LogP contribution in [0, 0.1) is 0 Å². The molecule has 0 bridgehead atoms. The number of anilines is 2. The summed E-state index contributed by atoms with van der Waals surface area (Å²) in [6.45, 7) is 0. The Balaban J connectivity index is 1.82. The summed E-state index contributed by atoms with van der Waals surface area (Å²) in [6, 6.07) is 12.0. The summed E-state index contributed by atoms with van der Waals surface area (Å²) in [7, 11) is 3.35. The lowest BCUT2D eigenvalue weighted by Crippen LogP contribution is -2.27. The number of nitrogens with one attached hydrogen (secondary N) is 2. The second-order valence-corrected chi connectivity index (χ2v) is 7.35. The van der Waals surface area contributed by atoms with E-state index in [9.17, 15) is 9.00 Å². The van der Waals surface area contributed by atoms with Gasteiger partial charge in [0.2, 0.25) is 0 Å². The Hall–Kier alpha value is -2.42. The van der Waals surface area contributed by atoms with Crippen LogP contribution in [0.15, 0.2) is 51.3 Å². The Kier molecular flexibility index (Phi) is 5.79. The van der Waals surface area contributed by atoms with E-state index in [-0.39, 0.29) is 17.6 Å². The monoisotopic (exact) mass is 423 g/mol. The van der Waals surface area contributed by atoms with E-state index in [1.165, 1.54) is 4.90 Å². The molecule has 1 atom stereocenters. The lowest BCUT2D eigenvalue weighted by molar-refractivity contribution is 0.0827. The normalized spacial score (nSPS) is 15.8. The first-order chi connectivity index (χ1) is 12.8. The minimum Gasteiger partial charge on any atom is -0.345 e.